The molecule has 16 heavy (non-hydrogen) atoms. The molecule has 0 aliphatic heterocycles. The zero-order valence-electron chi connectivity index (χ0n) is 10.7. The number of carbonyl (C=O) groups excluding carboxylic acids is 1. The average molecular weight is 229 g/mol. The van der Waals surface area contributed by atoms with Crippen molar-refractivity contribution >= 4 is 11.7 Å². The van der Waals surface area contributed by atoms with Crippen LogP contribution >= 0.6 is 0 Å². The normalized spacial score (nSPS) is 12.6. The van der Waals surface area contributed by atoms with E-state index in [1.807, 2.05) is 13.8 Å². The molecule has 0 aliphatic carbocycles. The van der Waals surface area contributed by atoms with Gasteiger partial charge in [-0.25, -0.2) is 0 Å². The van der Waals surface area contributed by atoms with Crippen LogP contribution in [-0.4, -0.2) is 35.9 Å². The number of carbonyl (C=O) groups is 1. The van der Waals surface area contributed by atoms with Crippen LogP contribution in [0.3, 0.4) is 0 Å². The maximum Gasteiger partial charge on any atom is 0.236 e. The zero-order chi connectivity index (χ0) is 12.8. The molecule has 0 heterocycles. The van der Waals surface area contributed by atoms with Crippen molar-refractivity contribution in [2.75, 3.05) is 14.1 Å². The molecule has 0 rings (SSSR count). The lowest BCUT2D eigenvalue weighted by Crippen LogP contribution is -2.49. The van der Waals surface area contributed by atoms with Crippen LogP contribution in [0.1, 0.15) is 39.5 Å². The molecule has 5 nitrogen and oxygen atoms in total. The maximum absolute atomic E-state index is 12.2. The van der Waals surface area contributed by atoms with Crippen LogP contribution in [0.5, 0.6) is 0 Å². The van der Waals surface area contributed by atoms with Gasteiger partial charge in [0.15, 0.2) is 5.84 Å². The Bertz CT molecular complexity index is 256. The van der Waals surface area contributed by atoms with Crippen molar-refractivity contribution in [3.63, 3.8) is 0 Å². The molecule has 0 atom stereocenters. The summed E-state index contributed by atoms with van der Waals surface area (Å²) in [5, 5.41) is 11.9. The Balaban J connectivity index is 5.32. The Hall–Kier alpha value is -1.26. The number of amides is 1. The molecule has 3 N–H and O–H groups in total. The largest absolute Gasteiger partial charge is 0.409 e. The lowest BCUT2D eigenvalue weighted by atomic mass is 9.77. The van der Waals surface area contributed by atoms with Gasteiger partial charge in [0.1, 0.15) is 5.41 Å². The van der Waals surface area contributed by atoms with Crippen LogP contribution in [0, 0.1) is 5.41 Å². The van der Waals surface area contributed by atoms with Gasteiger partial charge in [0.2, 0.25) is 5.91 Å². The molecule has 0 aliphatic rings. The SMILES string of the molecule is CCCC(CCC)(C(=O)N(C)C)C(N)=NO. The minimum Gasteiger partial charge on any atom is -0.409 e. The first-order valence-electron chi connectivity index (χ1n) is 5.66. The van der Waals surface area contributed by atoms with E-state index in [0.29, 0.717) is 12.8 Å². The molecule has 0 unspecified atom stereocenters. The number of oxime groups is 1. The Morgan fingerprint density at radius 2 is 1.75 bits per heavy atom. The Labute approximate surface area is 97.3 Å². The smallest absolute Gasteiger partial charge is 0.236 e. The average Bonchev–Trinajstić information content (AvgIpc) is 2.26. The molecule has 1 amide bonds. The zero-order valence-corrected chi connectivity index (χ0v) is 10.7. The van der Waals surface area contributed by atoms with Gasteiger partial charge in [-0.05, 0) is 12.8 Å². The van der Waals surface area contributed by atoms with E-state index in [9.17, 15) is 4.79 Å². The van der Waals surface area contributed by atoms with Crippen molar-refractivity contribution in [1.82, 2.24) is 4.90 Å². The fourth-order valence-corrected chi connectivity index (χ4v) is 2.08. The number of nitrogens with zero attached hydrogens (tertiary/aromatic N) is 2. The van der Waals surface area contributed by atoms with Crippen molar-refractivity contribution in [2.24, 2.45) is 16.3 Å². The second-order valence-corrected chi connectivity index (χ2v) is 4.27. The van der Waals surface area contributed by atoms with Crippen LogP contribution in [0.4, 0.5) is 0 Å². The van der Waals surface area contributed by atoms with Gasteiger partial charge in [0, 0.05) is 14.1 Å². The number of rotatable bonds is 6. The van der Waals surface area contributed by atoms with Gasteiger partial charge < -0.3 is 15.8 Å². The van der Waals surface area contributed by atoms with E-state index in [1.54, 1.807) is 14.1 Å². The Morgan fingerprint density at radius 1 is 1.31 bits per heavy atom. The van der Waals surface area contributed by atoms with Crippen molar-refractivity contribution in [3.8, 4) is 0 Å². The summed E-state index contributed by atoms with van der Waals surface area (Å²) in [5.74, 6) is -0.0681. The van der Waals surface area contributed by atoms with Crippen LogP contribution in [0.25, 0.3) is 0 Å². The fourth-order valence-electron chi connectivity index (χ4n) is 2.08. The molecule has 0 fully saturated rings. The summed E-state index contributed by atoms with van der Waals surface area (Å²) in [6.45, 7) is 3.97. The van der Waals surface area contributed by atoms with Crippen LogP contribution in [-0.2, 0) is 4.79 Å². The topological polar surface area (TPSA) is 78.9 Å². The summed E-state index contributed by atoms with van der Waals surface area (Å²) in [7, 11) is 3.38. The van der Waals surface area contributed by atoms with E-state index < -0.39 is 5.41 Å². The third-order valence-corrected chi connectivity index (χ3v) is 2.77. The third-order valence-electron chi connectivity index (χ3n) is 2.77. The molecule has 5 heteroatoms. The molecule has 0 spiro atoms. The number of hydrogen-bond donors (Lipinski definition) is 2. The van der Waals surface area contributed by atoms with Gasteiger partial charge in [-0.2, -0.15) is 0 Å². The monoisotopic (exact) mass is 229 g/mol. The van der Waals surface area contributed by atoms with Gasteiger partial charge >= 0.3 is 0 Å². The van der Waals surface area contributed by atoms with Crippen molar-refractivity contribution < 1.29 is 10.0 Å². The third kappa shape index (κ3) is 2.87. The summed E-state index contributed by atoms with van der Waals surface area (Å²) >= 11 is 0. The van der Waals surface area contributed by atoms with E-state index in [2.05, 4.69) is 5.16 Å². The molecule has 0 aromatic carbocycles. The minimum absolute atomic E-state index is 0.0231. The minimum atomic E-state index is -0.845. The number of amidine groups is 1. The predicted molar refractivity (Wildman–Crippen MR) is 64.4 cm³/mol. The van der Waals surface area contributed by atoms with Crippen LogP contribution in [0.2, 0.25) is 0 Å². The molecule has 0 aromatic rings. The van der Waals surface area contributed by atoms with Crippen molar-refractivity contribution in [1.29, 1.82) is 0 Å². The molecule has 0 aromatic heterocycles. The lowest BCUT2D eigenvalue weighted by molar-refractivity contribution is -0.136. The summed E-state index contributed by atoms with van der Waals surface area (Å²) in [6.07, 6.45) is 2.84. The highest BCUT2D eigenvalue weighted by Gasteiger charge is 2.42. The highest BCUT2D eigenvalue weighted by atomic mass is 16.4. The lowest BCUT2D eigenvalue weighted by Gasteiger charge is -2.33. The summed E-state index contributed by atoms with van der Waals surface area (Å²) < 4.78 is 0. The number of nitrogens with two attached hydrogens (primary N) is 1. The van der Waals surface area contributed by atoms with Gasteiger partial charge in [-0.1, -0.05) is 31.8 Å². The number of hydrogen-bond acceptors (Lipinski definition) is 3. The highest BCUT2D eigenvalue weighted by Crippen LogP contribution is 2.32. The van der Waals surface area contributed by atoms with Crippen LogP contribution < -0.4 is 5.73 Å². The Kier molecular flexibility index (Phi) is 5.85. The standard InChI is InChI=1S/C11H23N3O2/c1-5-7-11(8-6-2,9(12)13-16)10(15)14(3)4/h16H,5-8H2,1-4H3,(H2,12,13). The van der Waals surface area contributed by atoms with E-state index in [4.69, 9.17) is 10.9 Å². The first kappa shape index (κ1) is 14.7. The van der Waals surface area contributed by atoms with E-state index in [0.717, 1.165) is 12.8 Å². The van der Waals surface area contributed by atoms with Gasteiger partial charge in [0.25, 0.3) is 0 Å². The molecular weight excluding hydrogens is 206 g/mol. The second-order valence-electron chi connectivity index (χ2n) is 4.27. The predicted octanol–water partition coefficient (Wildman–Crippen LogP) is 1.41. The summed E-state index contributed by atoms with van der Waals surface area (Å²) in [6, 6.07) is 0. The van der Waals surface area contributed by atoms with Crippen LogP contribution in [0.15, 0.2) is 5.16 Å². The molecule has 0 saturated heterocycles. The molecule has 94 valence electrons. The highest BCUT2D eigenvalue weighted by molar-refractivity contribution is 6.06. The summed E-state index contributed by atoms with van der Waals surface area (Å²) in [4.78, 5) is 13.7. The molecule has 0 saturated carbocycles. The van der Waals surface area contributed by atoms with E-state index in [1.165, 1.54) is 4.90 Å². The van der Waals surface area contributed by atoms with E-state index in [-0.39, 0.29) is 11.7 Å². The molecule has 0 bridgehead atoms. The first-order chi connectivity index (χ1) is 7.46. The first-order valence-corrected chi connectivity index (χ1v) is 5.66. The van der Waals surface area contributed by atoms with E-state index >= 15 is 0 Å². The summed E-state index contributed by atoms with van der Waals surface area (Å²) in [5.41, 5.74) is 4.87. The molecular formula is C11H23N3O2. The quantitative estimate of drug-likeness (QED) is 0.313. The van der Waals surface area contributed by atoms with Gasteiger partial charge in [-0.15, -0.1) is 0 Å². The fraction of sp³-hybridized carbons (Fsp3) is 0.818. The van der Waals surface area contributed by atoms with Gasteiger partial charge in [0.05, 0.1) is 0 Å². The second kappa shape index (κ2) is 6.35. The maximum atomic E-state index is 12.2. The Morgan fingerprint density at radius 3 is 2.00 bits per heavy atom. The molecule has 0 radical (unpaired) electrons. The van der Waals surface area contributed by atoms with Crippen molar-refractivity contribution in [3.05, 3.63) is 0 Å². The van der Waals surface area contributed by atoms with Crippen molar-refractivity contribution in [2.45, 2.75) is 39.5 Å². The van der Waals surface area contributed by atoms with Gasteiger partial charge in [-0.3, -0.25) is 4.79 Å².